The van der Waals surface area contributed by atoms with Gasteiger partial charge in [-0.3, -0.25) is 9.59 Å². The molecule has 0 aromatic heterocycles. The molecule has 0 radical (unpaired) electrons. The fourth-order valence-electron chi connectivity index (χ4n) is 2.24. The number of carbonyl (C=O) groups is 2. The number of hydrogen-bond donors (Lipinski definition) is 2. The van der Waals surface area contributed by atoms with Gasteiger partial charge in [-0.2, -0.15) is 0 Å². The standard InChI is InChI=1S/C14H19N3O3/c1-10(15)13(19)16-5-7-17(8-6-16)14(20)11-3-2-4-12(18)9-11/h2-4,9-10,18H,5-8,15H2,1H3/t10-/m1/s1. The normalized spacial score (nSPS) is 16.9. The zero-order valence-corrected chi connectivity index (χ0v) is 11.5. The van der Waals surface area contributed by atoms with Crippen LogP contribution in [0, 0.1) is 0 Å². The van der Waals surface area contributed by atoms with E-state index in [1.807, 2.05) is 0 Å². The predicted octanol–water partition coefficient (Wildman–Crippen LogP) is 0.0238. The summed E-state index contributed by atoms with van der Waals surface area (Å²) in [6, 6.07) is 5.76. The fourth-order valence-corrected chi connectivity index (χ4v) is 2.24. The maximum atomic E-state index is 12.2. The lowest BCUT2D eigenvalue weighted by Gasteiger charge is -2.35. The zero-order valence-electron chi connectivity index (χ0n) is 11.5. The van der Waals surface area contributed by atoms with Gasteiger partial charge < -0.3 is 20.6 Å². The smallest absolute Gasteiger partial charge is 0.254 e. The first-order chi connectivity index (χ1) is 9.49. The number of phenolic OH excluding ortho intramolecular Hbond substituents is 1. The highest BCUT2D eigenvalue weighted by molar-refractivity contribution is 5.94. The Balaban J connectivity index is 1.97. The number of amides is 2. The van der Waals surface area contributed by atoms with Crippen LogP contribution in [-0.4, -0.2) is 58.9 Å². The number of benzene rings is 1. The van der Waals surface area contributed by atoms with E-state index in [-0.39, 0.29) is 17.6 Å². The van der Waals surface area contributed by atoms with Crippen LogP contribution in [0.3, 0.4) is 0 Å². The van der Waals surface area contributed by atoms with Crippen LogP contribution in [0.2, 0.25) is 0 Å². The quantitative estimate of drug-likeness (QED) is 0.798. The Bertz CT molecular complexity index is 508. The zero-order chi connectivity index (χ0) is 14.7. The highest BCUT2D eigenvalue weighted by Crippen LogP contribution is 2.14. The molecule has 0 spiro atoms. The summed E-state index contributed by atoms with van der Waals surface area (Å²) in [5.41, 5.74) is 6.02. The van der Waals surface area contributed by atoms with Crippen LogP contribution in [0.1, 0.15) is 17.3 Å². The van der Waals surface area contributed by atoms with Crippen LogP contribution >= 0.6 is 0 Å². The molecule has 1 atom stereocenters. The molecule has 20 heavy (non-hydrogen) atoms. The number of carbonyl (C=O) groups excluding carboxylic acids is 2. The molecule has 1 fully saturated rings. The highest BCUT2D eigenvalue weighted by atomic mass is 16.3. The Hall–Kier alpha value is -2.08. The summed E-state index contributed by atoms with van der Waals surface area (Å²) in [4.78, 5) is 27.4. The Morgan fingerprint density at radius 3 is 2.35 bits per heavy atom. The van der Waals surface area contributed by atoms with E-state index >= 15 is 0 Å². The summed E-state index contributed by atoms with van der Waals surface area (Å²) < 4.78 is 0. The molecular weight excluding hydrogens is 258 g/mol. The molecule has 0 bridgehead atoms. The van der Waals surface area contributed by atoms with E-state index in [4.69, 9.17) is 5.73 Å². The van der Waals surface area contributed by atoms with Gasteiger partial charge in [0.1, 0.15) is 5.75 Å². The van der Waals surface area contributed by atoms with Crippen LogP contribution in [-0.2, 0) is 4.79 Å². The van der Waals surface area contributed by atoms with Crippen molar-refractivity contribution in [1.29, 1.82) is 0 Å². The second-order valence-corrected chi connectivity index (χ2v) is 4.96. The Morgan fingerprint density at radius 2 is 1.80 bits per heavy atom. The molecule has 0 saturated carbocycles. The van der Waals surface area contributed by atoms with Crippen molar-refractivity contribution in [1.82, 2.24) is 9.80 Å². The van der Waals surface area contributed by atoms with Gasteiger partial charge in [-0.15, -0.1) is 0 Å². The number of rotatable bonds is 2. The topological polar surface area (TPSA) is 86.9 Å². The summed E-state index contributed by atoms with van der Waals surface area (Å²) in [6.07, 6.45) is 0. The van der Waals surface area contributed by atoms with E-state index < -0.39 is 6.04 Å². The van der Waals surface area contributed by atoms with Gasteiger partial charge in [0.05, 0.1) is 6.04 Å². The van der Waals surface area contributed by atoms with Crippen molar-refractivity contribution in [3.8, 4) is 5.75 Å². The molecule has 0 aliphatic carbocycles. The Labute approximate surface area is 117 Å². The first kappa shape index (κ1) is 14.3. The molecule has 1 aromatic rings. The van der Waals surface area contributed by atoms with E-state index in [1.165, 1.54) is 12.1 Å². The molecule has 2 rings (SSSR count). The van der Waals surface area contributed by atoms with Crippen molar-refractivity contribution in [2.45, 2.75) is 13.0 Å². The summed E-state index contributed by atoms with van der Waals surface area (Å²) in [5, 5.41) is 9.40. The van der Waals surface area contributed by atoms with Crippen molar-refractivity contribution in [2.75, 3.05) is 26.2 Å². The fraction of sp³-hybridized carbons (Fsp3) is 0.429. The lowest BCUT2D eigenvalue weighted by Crippen LogP contribution is -2.53. The van der Waals surface area contributed by atoms with Crippen molar-refractivity contribution in [3.63, 3.8) is 0 Å². The third-order valence-corrected chi connectivity index (χ3v) is 3.36. The summed E-state index contributed by atoms with van der Waals surface area (Å²) >= 11 is 0. The first-order valence-corrected chi connectivity index (χ1v) is 6.61. The number of aromatic hydroxyl groups is 1. The molecule has 1 aliphatic heterocycles. The number of phenols is 1. The molecule has 6 nitrogen and oxygen atoms in total. The minimum atomic E-state index is -0.511. The van der Waals surface area contributed by atoms with Crippen LogP contribution in [0.5, 0.6) is 5.75 Å². The lowest BCUT2D eigenvalue weighted by molar-refractivity contribution is -0.133. The molecule has 1 aromatic carbocycles. The van der Waals surface area contributed by atoms with Gasteiger partial charge in [0.25, 0.3) is 5.91 Å². The third kappa shape index (κ3) is 3.08. The van der Waals surface area contributed by atoms with Crippen molar-refractivity contribution < 1.29 is 14.7 Å². The average Bonchev–Trinajstić information content (AvgIpc) is 2.46. The highest BCUT2D eigenvalue weighted by Gasteiger charge is 2.26. The Morgan fingerprint density at radius 1 is 1.20 bits per heavy atom. The van der Waals surface area contributed by atoms with Gasteiger partial charge in [-0.05, 0) is 25.1 Å². The van der Waals surface area contributed by atoms with Crippen molar-refractivity contribution >= 4 is 11.8 Å². The maximum Gasteiger partial charge on any atom is 0.254 e. The SMILES string of the molecule is C[C@@H](N)C(=O)N1CCN(C(=O)c2cccc(O)c2)CC1. The summed E-state index contributed by atoms with van der Waals surface area (Å²) in [5.74, 6) is -0.148. The summed E-state index contributed by atoms with van der Waals surface area (Å²) in [7, 11) is 0. The summed E-state index contributed by atoms with van der Waals surface area (Å²) in [6.45, 7) is 3.60. The maximum absolute atomic E-state index is 12.2. The van der Waals surface area contributed by atoms with Gasteiger partial charge in [-0.1, -0.05) is 6.07 Å². The van der Waals surface area contributed by atoms with Gasteiger partial charge in [0.15, 0.2) is 0 Å². The number of piperazine rings is 1. The van der Waals surface area contributed by atoms with Gasteiger partial charge in [-0.25, -0.2) is 0 Å². The van der Waals surface area contributed by atoms with Crippen LogP contribution in [0.25, 0.3) is 0 Å². The lowest BCUT2D eigenvalue weighted by atomic mass is 10.1. The molecule has 6 heteroatoms. The average molecular weight is 277 g/mol. The molecule has 108 valence electrons. The van der Waals surface area contributed by atoms with E-state index in [0.717, 1.165) is 0 Å². The van der Waals surface area contributed by atoms with E-state index in [1.54, 1.807) is 28.9 Å². The number of hydrogen-bond acceptors (Lipinski definition) is 4. The van der Waals surface area contributed by atoms with Crippen LogP contribution < -0.4 is 5.73 Å². The molecule has 1 heterocycles. The number of nitrogens with zero attached hydrogens (tertiary/aromatic N) is 2. The molecule has 0 unspecified atom stereocenters. The van der Waals surface area contributed by atoms with Gasteiger partial charge in [0.2, 0.25) is 5.91 Å². The van der Waals surface area contributed by atoms with E-state index in [0.29, 0.717) is 31.7 Å². The van der Waals surface area contributed by atoms with Crippen molar-refractivity contribution in [3.05, 3.63) is 29.8 Å². The van der Waals surface area contributed by atoms with Gasteiger partial charge in [0, 0.05) is 31.7 Å². The molecular formula is C14H19N3O3. The van der Waals surface area contributed by atoms with Crippen LogP contribution in [0.15, 0.2) is 24.3 Å². The van der Waals surface area contributed by atoms with Crippen molar-refractivity contribution in [2.24, 2.45) is 5.73 Å². The minimum Gasteiger partial charge on any atom is -0.508 e. The molecule has 1 saturated heterocycles. The minimum absolute atomic E-state index is 0.0709. The van der Waals surface area contributed by atoms with E-state index in [2.05, 4.69) is 0 Å². The number of nitrogens with two attached hydrogens (primary N) is 1. The monoisotopic (exact) mass is 277 g/mol. The molecule has 1 aliphatic rings. The van der Waals surface area contributed by atoms with Crippen LogP contribution in [0.4, 0.5) is 0 Å². The van der Waals surface area contributed by atoms with Gasteiger partial charge >= 0.3 is 0 Å². The second-order valence-electron chi connectivity index (χ2n) is 4.96. The second kappa shape index (κ2) is 5.92. The largest absolute Gasteiger partial charge is 0.508 e. The first-order valence-electron chi connectivity index (χ1n) is 6.61. The molecule has 3 N–H and O–H groups in total. The Kier molecular flexibility index (Phi) is 4.24. The molecule has 2 amide bonds. The predicted molar refractivity (Wildman–Crippen MR) is 74.2 cm³/mol. The van der Waals surface area contributed by atoms with E-state index in [9.17, 15) is 14.7 Å². The third-order valence-electron chi connectivity index (χ3n) is 3.36.